The summed E-state index contributed by atoms with van der Waals surface area (Å²) in [6.45, 7) is 0. The van der Waals surface area contributed by atoms with Gasteiger partial charge in [0, 0.05) is 24.3 Å². The van der Waals surface area contributed by atoms with Crippen LogP contribution in [-0.2, 0) is 10.0 Å². The van der Waals surface area contributed by atoms with Crippen molar-refractivity contribution in [3.63, 3.8) is 0 Å². The summed E-state index contributed by atoms with van der Waals surface area (Å²) in [5, 5.41) is 21.3. The van der Waals surface area contributed by atoms with Crippen molar-refractivity contribution in [1.82, 2.24) is 0 Å². The molecule has 0 fully saturated rings. The summed E-state index contributed by atoms with van der Waals surface area (Å²) < 4.78 is 26.5. The first-order chi connectivity index (χ1) is 10.7. The first-order valence-corrected chi connectivity index (χ1v) is 7.78. The van der Waals surface area contributed by atoms with E-state index in [4.69, 9.17) is 11.6 Å². The predicted molar refractivity (Wildman–Crippen MR) is 82.0 cm³/mol. The quantitative estimate of drug-likeness (QED) is 0.646. The second kappa shape index (κ2) is 6.18. The molecule has 2 aromatic carbocycles. The molecule has 0 spiro atoms. The van der Waals surface area contributed by atoms with E-state index in [2.05, 4.69) is 4.72 Å². The van der Waals surface area contributed by atoms with Crippen LogP contribution in [0, 0.1) is 20.2 Å². The Hall–Kier alpha value is -2.72. The molecule has 0 aliphatic rings. The third-order valence-corrected chi connectivity index (χ3v) is 4.47. The van der Waals surface area contributed by atoms with E-state index in [9.17, 15) is 28.6 Å². The zero-order chi connectivity index (χ0) is 17.2. The molecule has 1 N–H and O–H groups in total. The molecule has 0 heterocycles. The van der Waals surface area contributed by atoms with Crippen LogP contribution in [0.1, 0.15) is 0 Å². The fourth-order valence-corrected chi connectivity index (χ4v) is 2.95. The maximum atomic E-state index is 12.2. The van der Waals surface area contributed by atoms with Gasteiger partial charge in [-0.15, -0.1) is 0 Å². The van der Waals surface area contributed by atoms with Gasteiger partial charge >= 0.3 is 0 Å². The molecule has 2 rings (SSSR count). The highest BCUT2D eigenvalue weighted by Crippen LogP contribution is 2.29. The maximum Gasteiger partial charge on any atom is 0.271 e. The van der Waals surface area contributed by atoms with E-state index in [1.807, 2.05) is 0 Å². The number of anilines is 1. The average molecular weight is 358 g/mol. The van der Waals surface area contributed by atoms with Gasteiger partial charge in [0.1, 0.15) is 0 Å². The van der Waals surface area contributed by atoms with E-state index < -0.39 is 19.9 Å². The van der Waals surface area contributed by atoms with E-state index >= 15 is 0 Å². The van der Waals surface area contributed by atoms with E-state index in [0.717, 1.165) is 36.4 Å². The van der Waals surface area contributed by atoms with Gasteiger partial charge in [0.05, 0.1) is 25.5 Å². The molecule has 0 unspecified atom stereocenters. The number of nitrogens with zero attached hydrogens (tertiary/aromatic N) is 2. The molecule has 9 nitrogen and oxygen atoms in total. The molecule has 11 heteroatoms. The summed E-state index contributed by atoms with van der Waals surface area (Å²) in [5.74, 6) is 0. The fourth-order valence-electron chi connectivity index (χ4n) is 1.66. The van der Waals surface area contributed by atoms with Crippen molar-refractivity contribution in [2.75, 3.05) is 4.72 Å². The Kier molecular flexibility index (Phi) is 4.48. The number of hydrogen-bond acceptors (Lipinski definition) is 6. The predicted octanol–water partition coefficient (Wildman–Crippen LogP) is 2.96. The smallest absolute Gasteiger partial charge is 0.271 e. The maximum absolute atomic E-state index is 12.2. The zero-order valence-electron chi connectivity index (χ0n) is 11.2. The van der Waals surface area contributed by atoms with Crippen molar-refractivity contribution in [2.24, 2.45) is 0 Å². The van der Waals surface area contributed by atoms with Crippen LogP contribution < -0.4 is 4.72 Å². The standard InChI is InChI=1S/C12H8ClN3O6S/c13-11-6-3-9(16(19)20)7-12(11)14-23(21,22)10-4-1-8(2-5-10)15(17)18/h1-7,14H. The van der Waals surface area contributed by atoms with Crippen molar-refractivity contribution in [3.8, 4) is 0 Å². The van der Waals surface area contributed by atoms with Crippen molar-refractivity contribution in [1.29, 1.82) is 0 Å². The molecule has 0 atom stereocenters. The fraction of sp³-hybridized carbons (Fsp3) is 0. The summed E-state index contributed by atoms with van der Waals surface area (Å²) >= 11 is 5.82. The van der Waals surface area contributed by atoms with E-state index in [1.165, 1.54) is 6.07 Å². The highest BCUT2D eigenvalue weighted by molar-refractivity contribution is 7.92. The number of rotatable bonds is 5. The lowest BCUT2D eigenvalue weighted by Gasteiger charge is -2.09. The average Bonchev–Trinajstić information content (AvgIpc) is 2.49. The molecule has 0 aliphatic carbocycles. The van der Waals surface area contributed by atoms with Gasteiger partial charge in [-0.2, -0.15) is 0 Å². The molecule has 0 amide bonds. The van der Waals surface area contributed by atoms with Gasteiger partial charge in [-0.25, -0.2) is 8.42 Å². The third-order valence-electron chi connectivity index (χ3n) is 2.76. The van der Waals surface area contributed by atoms with Crippen molar-refractivity contribution < 1.29 is 18.3 Å². The minimum atomic E-state index is -4.10. The van der Waals surface area contributed by atoms with Crippen LogP contribution >= 0.6 is 11.6 Å². The summed E-state index contributed by atoms with van der Waals surface area (Å²) in [6, 6.07) is 7.45. The SMILES string of the molecule is O=[N+]([O-])c1ccc(S(=O)(=O)Nc2cc([N+](=O)[O-])ccc2Cl)cc1. The second-order valence-electron chi connectivity index (χ2n) is 4.28. The van der Waals surface area contributed by atoms with Crippen LogP contribution in [0.5, 0.6) is 0 Å². The van der Waals surface area contributed by atoms with Crippen LogP contribution in [-0.4, -0.2) is 18.3 Å². The topological polar surface area (TPSA) is 132 Å². The van der Waals surface area contributed by atoms with Crippen molar-refractivity contribution >= 4 is 38.7 Å². The minimum Gasteiger partial charge on any atom is -0.278 e. The Bertz CT molecular complexity index is 882. The van der Waals surface area contributed by atoms with Crippen LogP contribution in [0.15, 0.2) is 47.4 Å². The number of hydrogen-bond donors (Lipinski definition) is 1. The second-order valence-corrected chi connectivity index (χ2v) is 6.37. The Morgan fingerprint density at radius 2 is 1.43 bits per heavy atom. The number of nitro benzene ring substituents is 2. The molecule has 0 saturated heterocycles. The Labute approximate surface area is 134 Å². The molecule has 0 bridgehead atoms. The molecular weight excluding hydrogens is 350 g/mol. The first-order valence-electron chi connectivity index (χ1n) is 5.92. The number of non-ortho nitro benzene ring substituents is 2. The molecule has 2 aromatic rings. The van der Waals surface area contributed by atoms with E-state index in [1.54, 1.807) is 0 Å². The summed E-state index contributed by atoms with van der Waals surface area (Å²) in [6.07, 6.45) is 0. The van der Waals surface area contributed by atoms with Crippen LogP contribution in [0.4, 0.5) is 17.1 Å². The van der Waals surface area contributed by atoms with Gasteiger partial charge in [0.15, 0.2) is 0 Å². The lowest BCUT2D eigenvalue weighted by molar-refractivity contribution is -0.385. The molecule has 0 radical (unpaired) electrons. The lowest BCUT2D eigenvalue weighted by atomic mass is 10.3. The molecule has 120 valence electrons. The minimum absolute atomic E-state index is 0.0268. The van der Waals surface area contributed by atoms with Gasteiger partial charge < -0.3 is 0 Å². The summed E-state index contributed by atoms with van der Waals surface area (Å²) in [4.78, 5) is 19.7. The zero-order valence-corrected chi connectivity index (χ0v) is 12.7. The highest BCUT2D eigenvalue weighted by atomic mass is 35.5. The number of sulfonamides is 1. The van der Waals surface area contributed by atoms with Crippen LogP contribution in [0.2, 0.25) is 5.02 Å². The highest BCUT2D eigenvalue weighted by Gasteiger charge is 2.19. The van der Waals surface area contributed by atoms with Gasteiger partial charge in [0.25, 0.3) is 21.4 Å². The largest absolute Gasteiger partial charge is 0.278 e. The number of nitrogens with one attached hydrogen (secondary N) is 1. The Morgan fingerprint density at radius 1 is 0.913 bits per heavy atom. The monoisotopic (exact) mass is 357 g/mol. The number of nitro groups is 2. The Balaban J connectivity index is 2.36. The third kappa shape index (κ3) is 3.73. The lowest BCUT2D eigenvalue weighted by Crippen LogP contribution is -2.13. The summed E-state index contributed by atoms with van der Waals surface area (Å²) in [7, 11) is -4.10. The summed E-state index contributed by atoms with van der Waals surface area (Å²) in [5.41, 5.74) is -0.771. The van der Waals surface area contributed by atoms with Gasteiger partial charge in [0.2, 0.25) is 0 Å². The molecule has 0 saturated carbocycles. The molecule has 23 heavy (non-hydrogen) atoms. The Morgan fingerprint density at radius 3 is 1.96 bits per heavy atom. The van der Waals surface area contributed by atoms with E-state index in [0.29, 0.717) is 0 Å². The van der Waals surface area contributed by atoms with Crippen molar-refractivity contribution in [2.45, 2.75) is 4.90 Å². The molecule has 0 aromatic heterocycles. The van der Waals surface area contributed by atoms with E-state index in [-0.39, 0.29) is 27.0 Å². The first kappa shape index (κ1) is 16.6. The van der Waals surface area contributed by atoms with Crippen LogP contribution in [0.3, 0.4) is 0 Å². The normalized spacial score (nSPS) is 11.0. The van der Waals surface area contributed by atoms with Crippen molar-refractivity contribution in [3.05, 3.63) is 67.7 Å². The number of halogens is 1. The van der Waals surface area contributed by atoms with Gasteiger partial charge in [-0.3, -0.25) is 25.0 Å². The number of benzene rings is 2. The van der Waals surface area contributed by atoms with Crippen LogP contribution in [0.25, 0.3) is 0 Å². The van der Waals surface area contributed by atoms with Gasteiger partial charge in [-0.05, 0) is 18.2 Å². The molecule has 0 aliphatic heterocycles. The molecular formula is C12H8ClN3O6S. The van der Waals surface area contributed by atoms with Gasteiger partial charge in [-0.1, -0.05) is 11.6 Å².